The summed E-state index contributed by atoms with van der Waals surface area (Å²) < 4.78 is 5.40. The topological polar surface area (TPSA) is 43.4 Å². The van der Waals surface area contributed by atoms with Crippen LogP contribution in [0.1, 0.15) is 83.1 Å². The minimum Gasteiger partial charge on any atom is -0.393 e. The van der Waals surface area contributed by atoms with Gasteiger partial charge in [0.2, 0.25) is 0 Å². The molecule has 0 atom stereocenters. The molecule has 0 bridgehead atoms. The molecule has 0 aliphatic carbocycles. The van der Waals surface area contributed by atoms with E-state index in [1.54, 1.807) is 0 Å². The van der Waals surface area contributed by atoms with Crippen molar-refractivity contribution in [2.24, 2.45) is 33.5 Å². The molecule has 0 amide bonds. The second kappa shape index (κ2) is 6.57. The summed E-state index contributed by atoms with van der Waals surface area (Å²) in [6, 6.07) is 0. The molecule has 23 heavy (non-hydrogen) atoms. The van der Waals surface area contributed by atoms with Crippen LogP contribution in [0, 0.1) is 33.5 Å². The monoisotopic (exact) mass is 326 g/mol. The summed E-state index contributed by atoms with van der Waals surface area (Å²) in [5.41, 5.74) is -1.08. The SMILES string of the molecule is CC(C)(C)C(C(=O)OC(=O)C(C(C)(C)C)C(C)(C)C)C(C)(C)C. The van der Waals surface area contributed by atoms with E-state index in [2.05, 4.69) is 0 Å². The molecule has 0 aromatic rings. The molecule has 0 fully saturated rings. The molecule has 0 aromatic carbocycles. The summed E-state index contributed by atoms with van der Waals surface area (Å²) in [5, 5.41) is 0. The Kier molecular flexibility index (Phi) is 6.32. The van der Waals surface area contributed by atoms with E-state index in [9.17, 15) is 9.59 Å². The second-order valence-electron chi connectivity index (χ2n) is 11.1. The fourth-order valence-corrected chi connectivity index (χ4v) is 4.23. The molecule has 0 unspecified atom stereocenters. The number of rotatable bonds is 2. The number of hydrogen-bond acceptors (Lipinski definition) is 3. The van der Waals surface area contributed by atoms with Gasteiger partial charge >= 0.3 is 11.9 Å². The Morgan fingerprint density at radius 3 is 0.826 bits per heavy atom. The van der Waals surface area contributed by atoms with E-state index in [1.807, 2.05) is 83.1 Å². The Labute approximate surface area is 143 Å². The highest BCUT2D eigenvalue weighted by atomic mass is 16.6. The Balaban J connectivity index is 5.54. The molecule has 0 radical (unpaired) electrons. The molecular formula is C20H38O3. The van der Waals surface area contributed by atoms with Gasteiger partial charge in [0.25, 0.3) is 0 Å². The van der Waals surface area contributed by atoms with Gasteiger partial charge in [-0.2, -0.15) is 0 Å². The molecule has 0 N–H and O–H groups in total. The van der Waals surface area contributed by atoms with E-state index in [-0.39, 0.29) is 33.5 Å². The zero-order chi connectivity index (χ0) is 19.0. The maximum absolute atomic E-state index is 12.8. The third-order valence-corrected chi connectivity index (χ3v) is 4.14. The zero-order valence-corrected chi connectivity index (χ0v) is 17.4. The molecule has 0 aromatic heterocycles. The molecule has 0 spiro atoms. The summed E-state index contributed by atoms with van der Waals surface area (Å²) >= 11 is 0. The van der Waals surface area contributed by atoms with Gasteiger partial charge in [-0.1, -0.05) is 83.1 Å². The molecular weight excluding hydrogens is 288 g/mol. The van der Waals surface area contributed by atoms with Crippen LogP contribution in [0.5, 0.6) is 0 Å². The third kappa shape index (κ3) is 6.27. The van der Waals surface area contributed by atoms with Crippen LogP contribution in [0.25, 0.3) is 0 Å². The first kappa shape index (κ1) is 22.1. The van der Waals surface area contributed by atoms with Crippen LogP contribution in [-0.2, 0) is 14.3 Å². The van der Waals surface area contributed by atoms with Crippen molar-refractivity contribution in [3.63, 3.8) is 0 Å². The van der Waals surface area contributed by atoms with Gasteiger partial charge in [0.1, 0.15) is 0 Å². The predicted molar refractivity (Wildman–Crippen MR) is 95.9 cm³/mol. The summed E-state index contributed by atoms with van der Waals surface area (Å²) in [6.07, 6.45) is 0. The molecule has 0 rings (SSSR count). The van der Waals surface area contributed by atoms with Crippen LogP contribution in [0.15, 0.2) is 0 Å². The third-order valence-electron chi connectivity index (χ3n) is 4.14. The van der Waals surface area contributed by atoms with Gasteiger partial charge in [-0.25, -0.2) is 0 Å². The Morgan fingerprint density at radius 2 is 0.696 bits per heavy atom. The second-order valence-corrected chi connectivity index (χ2v) is 11.1. The molecule has 0 aliphatic rings. The molecule has 0 aliphatic heterocycles. The molecule has 3 heteroatoms. The van der Waals surface area contributed by atoms with Crippen molar-refractivity contribution >= 4 is 11.9 Å². The molecule has 0 heterocycles. The van der Waals surface area contributed by atoms with Crippen molar-refractivity contribution in [1.82, 2.24) is 0 Å². The van der Waals surface area contributed by atoms with Crippen molar-refractivity contribution < 1.29 is 14.3 Å². The average molecular weight is 327 g/mol. The predicted octanol–water partition coefficient (Wildman–Crippen LogP) is 5.47. The van der Waals surface area contributed by atoms with Crippen LogP contribution < -0.4 is 0 Å². The largest absolute Gasteiger partial charge is 0.393 e. The van der Waals surface area contributed by atoms with Crippen LogP contribution in [0.2, 0.25) is 0 Å². The van der Waals surface area contributed by atoms with Crippen LogP contribution in [0.4, 0.5) is 0 Å². The maximum Gasteiger partial charge on any atom is 0.317 e. The van der Waals surface area contributed by atoms with Gasteiger partial charge in [0, 0.05) is 0 Å². The number of hydrogen-bond donors (Lipinski definition) is 0. The summed E-state index contributed by atoms with van der Waals surface area (Å²) in [5.74, 6) is -1.51. The van der Waals surface area contributed by atoms with Crippen molar-refractivity contribution in [3.8, 4) is 0 Å². The van der Waals surface area contributed by atoms with E-state index in [4.69, 9.17) is 4.74 Å². The average Bonchev–Trinajstić information content (AvgIpc) is 2.04. The highest BCUT2D eigenvalue weighted by Crippen LogP contribution is 2.43. The molecule has 0 saturated heterocycles. The number of carbonyl (C=O) groups excluding carboxylic acids is 2. The van der Waals surface area contributed by atoms with Gasteiger partial charge in [-0.3, -0.25) is 9.59 Å². The number of esters is 2. The highest BCUT2D eigenvalue weighted by Gasteiger charge is 2.46. The van der Waals surface area contributed by atoms with Crippen LogP contribution in [0.3, 0.4) is 0 Å². The zero-order valence-electron chi connectivity index (χ0n) is 17.4. The lowest BCUT2D eigenvalue weighted by atomic mass is 9.66. The number of ether oxygens (including phenoxy) is 1. The first-order valence-electron chi connectivity index (χ1n) is 8.55. The normalized spacial score (nSPS) is 14.3. The first-order valence-corrected chi connectivity index (χ1v) is 8.55. The van der Waals surface area contributed by atoms with E-state index < -0.39 is 11.9 Å². The smallest absolute Gasteiger partial charge is 0.317 e. The Morgan fingerprint density at radius 1 is 0.522 bits per heavy atom. The molecule has 3 nitrogen and oxygen atoms in total. The standard InChI is InChI=1S/C20H38O3/c1-17(2,3)13(18(4,5)6)15(21)23-16(22)14(19(7,8)9)20(10,11)12/h13-14H,1-12H3. The quantitative estimate of drug-likeness (QED) is 0.499. The van der Waals surface area contributed by atoms with Crippen molar-refractivity contribution in [2.75, 3.05) is 0 Å². The van der Waals surface area contributed by atoms with E-state index in [0.717, 1.165) is 0 Å². The number of carbonyl (C=O) groups is 2. The van der Waals surface area contributed by atoms with E-state index in [1.165, 1.54) is 0 Å². The molecule has 136 valence electrons. The van der Waals surface area contributed by atoms with Gasteiger partial charge < -0.3 is 4.74 Å². The summed E-state index contributed by atoms with van der Waals surface area (Å²) in [6.45, 7) is 24.2. The lowest BCUT2D eigenvalue weighted by molar-refractivity contribution is -0.176. The van der Waals surface area contributed by atoms with Gasteiger partial charge in [-0.05, 0) is 21.7 Å². The summed E-state index contributed by atoms with van der Waals surface area (Å²) in [7, 11) is 0. The van der Waals surface area contributed by atoms with Gasteiger partial charge in [0.05, 0.1) is 11.8 Å². The summed E-state index contributed by atoms with van der Waals surface area (Å²) in [4.78, 5) is 25.5. The van der Waals surface area contributed by atoms with Gasteiger partial charge in [0.15, 0.2) is 0 Å². The lowest BCUT2D eigenvalue weighted by Crippen LogP contribution is -2.45. The van der Waals surface area contributed by atoms with Crippen molar-refractivity contribution in [3.05, 3.63) is 0 Å². The fraction of sp³-hybridized carbons (Fsp3) is 0.900. The van der Waals surface area contributed by atoms with E-state index in [0.29, 0.717) is 0 Å². The lowest BCUT2D eigenvalue weighted by Gasteiger charge is -2.41. The Hall–Kier alpha value is -0.860. The van der Waals surface area contributed by atoms with E-state index >= 15 is 0 Å². The van der Waals surface area contributed by atoms with Crippen LogP contribution in [-0.4, -0.2) is 11.9 Å². The van der Waals surface area contributed by atoms with Crippen LogP contribution >= 0.6 is 0 Å². The highest BCUT2D eigenvalue weighted by molar-refractivity contribution is 5.89. The van der Waals surface area contributed by atoms with Crippen molar-refractivity contribution in [1.29, 1.82) is 0 Å². The minimum atomic E-state index is -0.409. The fourth-order valence-electron chi connectivity index (χ4n) is 4.23. The molecule has 0 saturated carbocycles. The maximum atomic E-state index is 12.8. The first-order chi connectivity index (χ1) is 9.79. The minimum absolute atomic E-state index is 0.269. The Bertz CT molecular complexity index is 363. The van der Waals surface area contributed by atoms with Crippen molar-refractivity contribution in [2.45, 2.75) is 83.1 Å². The van der Waals surface area contributed by atoms with Gasteiger partial charge in [-0.15, -0.1) is 0 Å².